The molecule has 1 aliphatic carbocycles. The number of carbonyl (C=O) groups excluding carboxylic acids is 2. The molecule has 0 saturated heterocycles. The lowest BCUT2D eigenvalue weighted by Crippen LogP contribution is -2.51. The molecule has 178 valence electrons. The van der Waals surface area contributed by atoms with Crippen molar-refractivity contribution in [2.24, 2.45) is 10.7 Å². The fourth-order valence-electron chi connectivity index (χ4n) is 5.58. The van der Waals surface area contributed by atoms with Crippen molar-refractivity contribution in [3.05, 3.63) is 64.7 Å². The molecule has 0 bridgehead atoms. The molecule has 0 saturated carbocycles. The summed E-state index contributed by atoms with van der Waals surface area (Å²) in [6.45, 7) is 8.72. The van der Waals surface area contributed by atoms with E-state index in [0.717, 1.165) is 28.9 Å². The van der Waals surface area contributed by atoms with Gasteiger partial charge in [0.2, 0.25) is 5.91 Å². The summed E-state index contributed by atoms with van der Waals surface area (Å²) >= 11 is 0. The standard InChI is InChI=1S/C27H32N4O3/c1-26(2)14-21(31-23(32)15-27(3,4)30-25(31)28)18-13-16(9-10-19(18)26)24(33)29-20-11-12-34-22-8-6-5-7-17(20)22/h5-10,13,20-21H,11-12,14-15H2,1-4H3,(H2,28,30)(H,29,33). The summed E-state index contributed by atoms with van der Waals surface area (Å²) in [4.78, 5) is 32.6. The van der Waals surface area contributed by atoms with Crippen molar-refractivity contribution in [1.82, 2.24) is 10.2 Å². The van der Waals surface area contributed by atoms with Gasteiger partial charge in [0.1, 0.15) is 5.75 Å². The lowest BCUT2D eigenvalue weighted by atomic mass is 9.86. The minimum atomic E-state index is -0.504. The van der Waals surface area contributed by atoms with Crippen molar-refractivity contribution in [3.63, 3.8) is 0 Å². The molecule has 7 nitrogen and oxygen atoms in total. The van der Waals surface area contributed by atoms with Crippen LogP contribution in [0.1, 0.15) is 86.1 Å². The molecule has 2 amide bonds. The second-order valence-electron chi connectivity index (χ2n) is 10.8. The Hall–Kier alpha value is -3.35. The zero-order chi connectivity index (χ0) is 24.3. The summed E-state index contributed by atoms with van der Waals surface area (Å²) in [6.07, 6.45) is 1.75. The number of ether oxygens (including phenoxy) is 1. The number of benzene rings is 2. The lowest BCUT2D eigenvalue weighted by Gasteiger charge is -2.37. The van der Waals surface area contributed by atoms with Crippen LogP contribution in [0.5, 0.6) is 5.75 Å². The Labute approximate surface area is 200 Å². The van der Waals surface area contributed by atoms with Gasteiger partial charge in [-0.3, -0.25) is 14.5 Å². The number of hydrogen-bond donors (Lipinski definition) is 2. The number of aliphatic imine (C=N–C) groups is 1. The van der Waals surface area contributed by atoms with Gasteiger partial charge in [-0.05, 0) is 55.0 Å². The summed E-state index contributed by atoms with van der Waals surface area (Å²) in [6, 6.07) is 13.3. The van der Waals surface area contributed by atoms with Crippen molar-refractivity contribution >= 4 is 17.8 Å². The number of nitrogens with zero attached hydrogens (tertiary/aromatic N) is 2. The minimum absolute atomic E-state index is 0.0279. The van der Waals surface area contributed by atoms with E-state index in [1.54, 1.807) is 4.90 Å². The van der Waals surface area contributed by atoms with Gasteiger partial charge in [-0.1, -0.05) is 38.1 Å². The number of nitrogens with one attached hydrogen (secondary N) is 1. The van der Waals surface area contributed by atoms with Crippen molar-refractivity contribution in [2.45, 2.75) is 70.0 Å². The maximum Gasteiger partial charge on any atom is 0.251 e. The van der Waals surface area contributed by atoms with Gasteiger partial charge in [-0.2, -0.15) is 0 Å². The van der Waals surface area contributed by atoms with Gasteiger partial charge in [0, 0.05) is 17.5 Å². The Morgan fingerprint density at radius 2 is 1.91 bits per heavy atom. The smallest absolute Gasteiger partial charge is 0.251 e. The minimum Gasteiger partial charge on any atom is -0.493 e. The lowest BCUT2D eigenvalue weighted by molar-refractivity contribution is -0.131. The summed E-state index contributed by atoms with van der Waals surface area (Å²) in [5.41, 5.74) is 9.32. The first-order valence-corrected chi connectivity index (χ1v) is 11.9. The highest BCUT2D eigenvalue weighted by Gasteiger charge is 2.45. The number of para-hydroxylation sites is 1. The third kappa shape index (κ3) is 3.83. The molecule has 0 aromatic heterocycles. The third-order valence-corrected chi connectivity index (χ3v) is 7.20. The summed E-state index contributed by atoms with van der Waals surface area (Å²) in [5.74, 6) is 0.903. The Kier molecular flexibility index (Phi) is 5.19. The fourth-order valence-corrected chi connectivity index (χ4v) is 5.58. The molecular formula is C27H32N4O3. The third-order valence-electron chi connectivity index (χ3n) is 7.20. The van der Waals surface area contributed by atoms with Crippen molar-refractivity contribution in [2.75, 3.05) is 6.61 Å². The van der Waals surface area contributed by atoms with Crippen LogP contribution >= 0.6 is 0 Å². The van der Waals surface area contributed by atoms with Gasteiger partial charge >= 0.3 is 0 Å². The Balaban J connectivity index is 1.46. The van der Waals surface area contributed by atoms with Gasteiger partial charge < -0.3 is 15.8 Å². The predicted octanol–water partition coefficient (Wildman–Crippen LogP) is 3.99. The Morgan fingerprint density at radius 1 is 1.15 bits per heavy atom. The van der Waals surface area contributed by atoms with E-state index in [9.17, 15) is 9.59 Å². The Bertz CT molecular complexity index is 1200. The average Bonchev–Trinajstić information content (AvgIpc) is 3.02. The number of hydrogen-bond acceptors (Lipinski definition) is 5. The van der Waals surface area contributed by atoms with Crippen LogP contribution in [-0.4, -0.2) is 34.8 Å². The molecule has 0 fully saturated rings. The van der Waals surface area contributed by atoms with Gasteiger partial charge in [0.05, 0.1) is 30.7 Å². The average molecular weight is 461 g/mol. The molecule has 2 heterocycles. The second-order valence-corrected chi connectivity index (χ2v) is 10.8. The molecule has 0 spiro atoms. The fraction of sp³-hybridized carbons (Fsp3) is 0.444. The van der Waals surface area contributed by atoms with E-state index in [1.807, 2.05) is 56.3 Å². The van der Waals surface area contributed by atoms with Crippen LogP contribution in [0.25, 0.3) is 0 Å². The molecule has 3 N–H and O–H groups in total. The van der Waals surface area contributed by atoms with Crippen molar-refractivity contribution < 1.29 is 14.3 Å². The van der Waals surface area contributed by atoms with Gasteiger partial charge in [0.25, 0.3) is 5.91 Å². The maximum atomic E-state index is 13.3. The second kappa shape index (κ2) is 7.86. The molecule has 2 atom stereocenters. The molecule has 34 heavy (non-hydrogen) atoms. The number of guanidine groups is 1. The van der Waals surface area contributed by atoms with Crippen LogP contribution in [0, 0.1) is 0 Å². The van der Waals surface area contributed by atoms with E-state index in [-0.39, 0.29) is 35.3 Å². The highest BCUT2D eigenvalue weighted by molar-refractivity contribution is 6.00. The van der Waals surface area contributed by atoms with Gasteiger partial charge in [0.15, 0.2) is 5.96 Å². The molecule has 2 aromatic carbocycles. The first-order chi connectivity index (χ1) is 16.1. The number of nitrogens with two attached hydrogens (primary N) is 1. The van der Waals surface area contributed by atoms with E-state index < -0.39 is 5.54 Å². The van der Waals surface area contributed by atoms with Crippen LogP contribution < -0.4 is 15.8 Å². The number of fused-ring (bicyclic) bond motifs is 2. The van der Waals surface area contributed by atoms with E-state index in [4.69, 9.17) is 10.5 Å². The molecule has 3 aliphatic rings. The monoisotopic (exact) mass is 460 g/mol. The molecule has 2 aromatic rings. The quantitative estimate of drug-likeness (QED) is 0.724. The van der Waals surface area contributed by atoms with Crippen LogP contribution in [-0.2, 0) is 10.2 Å². The van der Waals surface area contributed by atoms with E-state index in [1.165, 1.54) is 0 Å². The molecule has 5 rings (SSSR count). The van der Waals surface area contributed by atoms with Crippen LogP contribution in [0.15, 0.2) is 47.5 Å². The first kappa shape index (κ1) is 22.4. The summed E-state index contributed by atoms with van der Waals surface area (Å²) < 4.78 is 5.73. The van der Waals surface area contributed by atoms with Crippen molar-refractivity contribution in [3.8, 4) is 5.75 Å². The molecular weight excluding hydrogens is 428 g/mol. The van der Waals surface area contributed by atoms with Crippen LogP contribution in [0.4, 0.5) is 0 Å². The van der Waals surface area contributed by atoms with Gasteiger partial charge in [-0.15, -0.1) is 0 Å². The highest BCUT2D eigenvalue weighted by atomic mass is 16.5. The molecule has 2 aliphatic heterocycles. The maximum absolute atomic E-state index is 13.3. The largest absolute Gasteiger partial charge is 0.493 e. The first-order valence-electron chi connectivity index (χ1n) is 11.9. The highest BCUT2D eigenvalue weighted by Crippen LogP contribution is 2.48. The van der Waals surface area contributed by atoms with Crippen LogP contribution in [0.2, 0.25) is 0 Å². The van der Waals surface area contributed by atoms with E-state index in [0.29, 0.717) is 25.0 Å². The SMILES string of the molecule is CC1(C)CC(=O)N(C2CC(C)(C)c3ccc(C(=O)NC4CCOc5ccccc54)cc32)C(N)=N1. The molecule has 0 radical (unpaired) electrons. The Morgan fingerprint density at radius 3 is 2.68 bits per heavy atom. The summed E-state index contributed by atoms with van der Waals surface area (Å²) in [7, 11) is 0. The number of carbonyl (C=O) groups is 2. The molecule has 7 heteroatoms. The van der Waals surface area contributed by atoms with E-state index >= 15 is 0 Å². The van der Waals surface area contributed by atoms with E-state index in [2.05, 4.69) is 24.2 Å². The number of amides is 2. The zero-order valence-corrected chi connectivity index (χ0v) is 20.2. The topological polar surface area (TPSA) is 97.0 Å². The number of rotatable bonds is 3. The molecule has 2 unspecified atom stereocenters. The van der Waals surface area contributed by atoms with Crippen molar-refractivity contribution in [1.29, 1.82) is 0 Å². The van der Waals surface area contributed by atoms with Crippen LogP contribution in [0.3, 0.4) is 0 Å². The normalized spacial score (nSPS) is 24.5. The van der Waals surface area contributed by atoms with Gasteiger partial charge in [-0.25, -0.2) is 4.99 Å². The summed E-state index contributed by atoms with van der Waals surface area (Å²) in [5, 5.41) is 3.18. The predicted molar refractivity (Wildman–Crippen MR) is 131 cm³/mol. The zero-order valence-electron chi connectivity index (χ0n) is 20.2.